The Morgan fingerprint density at radius 3 is 2.57 bits per heavy atom. The minimum atomic E-state index is -1.02. The number of nitrogens with one attached hydrogen (secondary N) is 1. The second-order valence-electron chi connectivity index (χ2n) is 5.01. The number of hydrogen-bond acceptors (Lipinski definition) is 3. The molecule has 1 aromatic rings. The van der Waals surface area contributed by atoms with Crippen molar-refractivity contribution < 1.29 is 19.4 Å². The van der Waals surface area contributed by atoms with Gasteiger partial charge in [0.1, 0.15) is 11.8 Å². The third-order valence-electron chi connectivity index (χ3n) is 2.89. The molecule has 6 heteroatoms. The first-order valence-corrected chi connectivity index (χ1v) is 7.19. The van der Waals surface area contributed by atoms with Crippen LogP contribution in [0.5, 0.6) is 5.75 Å². The third kappa shape index (κ3) is 6.04. The van der Waals surface area contributed by atoms with Gasteiger partial charge >= 0.3 is 5.97 Å². The van der Waals surface area contributed by atoms with Gasteiger partial charge in [0.05, 0.1) is 11.6 Å². The molecule has 116 valence electrons. The van der Waals surface area contributed by atoms with Crippen LogP contribution in [0.2, 0.25) is 5.02 Å². The molecule has 21 heavy (non-hydrogen) atoms. The number of amides is 1. The molecule has 0 aliphatic rings. The number of hydrogen-bond donors (Lipinski definition) is 2. The van der Waals surface area contributed by atoms with E-state index >= 15 is 0 Å². The van der Waals surface area contributed by atoms with Crippen molar-refractivity contribution in [1.29, 1.82) is 0 Å². The summed E-state index contributed by atoms with van der Waals surface area (Å²) in [6.07, 6.45) is 0.697. The van der Waals surface area contributed by atoms with Gasteiger partial charge in [0.25, 0.3) is 0 Å². The van der Waals surface area contributed by atoms with E-state index in [0.717, 1.165) is 0 Å². The van der Waals surface area contributed by atoms with Crippen molar-refractivity contribution in [2.24, 2.45) is 5.92 Å². The van der Waals surface area contributed by atoms with Crippen LogP contribution in [-0.4, -0.2) is 29.6 Å². The molecule has 0 aliphatic carbocycles. The summed E-state index contributed by atoms with van der Waals surface area (Å²) in [5.41, 5.74) is 0. The molecule has 0 spiro atoms. The number of ether oxygens (including phenoxy) is 1. The van der Waals surface area contributed by atoms with Gasteiger partial charge in [-0.3, -0.25) is 4.79 Å². The number of carbonyl (C=O) groups is 2. The average molecular weight is 314 g/mol. The zero-order chi connectivity index (χ0) is 15.8. The summed E-state index contributed by atoms with van der Waals surface area (Å²) < 4.78 is 5.46. The number of halogens is 1. The number of carboxylic acid groups (broad SMARTS) is 1. The van der Waals surface area contributed by atoms with E-state index in [9.17, 15) is 9.59 Å². The molecule has 2 N–H and O–H groups in total. The third-order valence-corrected chi connectivity index (χ3v) is 3.20. The van der Waals surface area contributed by atoms with Crippen LogP contribution < -0.4 is 10.1 Å². The van der Waals surface area contributed by atoms with Gasteiger partial charge in [-0.2, -0.15) is 0 Å². The largest absolute Gasteiger partial charge is 0.492 e. The fraction of sp³-hybridized carbons (Fsp3) is 0.467. The zero-order valence-electron chi connectivity index (χ0n) is 12.1. The molecule has 0 bridgehead atoms. The zero-order valence-corrected chi connectivity index (χ0v) is 12.9. The maximum atomic E-state index is 11.7. The fourth-order valence-electron chi connectivity index (χ4n) is 1.74. The number of benzene rings is 1. The minimum absolute atomic E-state index is 0.161. The number of rotatable bonds is 8. The molecule has 1 amide bonds. The monoisotopic (exact) mass is 313 g/mol. The van der Waals surface area contributed by atoms with Crippen molar-refractivity contribution in [3.8, 4) is 5.75 Å². The predicted molar refractivity (Wildman–Crippen MR) is 80.6 cm³/mol. The molecule has 0 aromatic heterocycles. The molecule has 0 aliphatic heterocycles. The van der Waals surface area contributed by atoms with Crippen LogP contribution in [0.1, 0.15) is 26.7 Å². The van der Waals surface area contributed by atoms with Crippen LogP contribution in [-0.2, 0) is 9.59 Å². The van der Waals surface area contributed by atoms with Gasteiger partial charge in [-0.15, -0.1) is 0 Å². The smallest absolute Gasteiger partial charge is 0.326 e. The Kier molecular flexibility index (Phi) is 7.02. The van der Waals surface area contributed by atoms with E-state index in [1.807, 2.05) is 6.07 Å². The van der Waals surface area contributed by atoms with Gasteiger partial charge in [-0.25, -0.2) is 4.79 Å². The van der Waals surface area contributed by atoms with Gasteiger partial charge in [-0.1, -0.05) is 37.6 Å². The minimum Gasteiger partial charge on any atom is -0.492 e. The van der Waals surface area contributed by atoms with Gasteiger partial charge in [0, 0.05) is 6.42 Å². The topological polar surface area (TPSA) is 75.6 Å². The van der Waals surface area contributed by atoms with Crippen molar-refractivity contribution in [1.82, 2.24) is 5.32 Å². The highest BCUT2D eigenvalue weighted by Crippen LogP contribution is 2.23. The Bertz CT molecular complexity index is 490. The Morgan fingerprint density at radius 1 is 1.33 bits per heavy atom. The normalized spacial score (nSPS) is 12.0. The van der Waals surface area contributed by atoms with Crippen LogP contribution in [0, 0.1) is 5.92 Å². The number of carboxylic acids is 1. The maximum absolute atomic E-state index is 11.7. The molecule has 0 fully saturated rings. The van der Waals surface area contributed by atoms with Crippen molar-refractivity contribution in [3.05, 3.63) is 29.3 Å². The summed E-state index contributed by atoms with van der Waals surface area (Å²) in [5.74, 6) is -0.902. The summed E-state index contributed by atoms with van der Waals surface area (Å²) in [5, 5.41) is 12.0. The first-order valence-electron chi connectivity index (χ1n) is 6.81. The molecule has 5 nitrogen and oxygen atoms in total. The van der Waals surface area contributed by atoms with Crippen molar-refractivity contribution in [2.75, 3.05) is 6.61 Å². The molecule has 1 rings (SSSR count). The number of carbonyl (C=O) groups excluding carboxylic acids is 1. The van der Waals surface area contributed by atoms with Gasteiger partial charge in [-0.05, 0) is 24.5 Å². The van der Waals surface area contributed by atoms with Crippen LogP contribution in [0.15, 0.2) is 24.3 Å². The Labute approximate surface area is 129 Å². The maximum Gasteiger partial charge on any atom is 0.326 e. The highest BCUT2D eigenvalue weighted by molar-refractivity contribution is 6.32. The van der Waals surface area contributed by atoms with E-state index in [4.69, 9.17) is 21.4 Å². The van der Waals surface area contributed by atoms with Crippen LogP contribution >= 0.6 is 11.6 Å². The van der Waals surface area contributed by atoms with Gasteiger partial charge in [0.15, 0.2) is 0 Å². The van der Waals surface area contributed by atoms with Gasteiger partial charge < -0.3 is 15.2 Å². The molecule has 0 unspecified atom stereocenters. The average Bonchev–Trinajstić information content (AvgIpc) is 2.42. The van der Waals surface area contributed by atoms with Crippen molar-refractivity contribution >= 4 is 23.5 Å². The summed E-state index contributed by atoms with van der Waals surface area (Å²) in [6.45, 7) is 3.84. The number of para-hydroxylation sites is 1. The predicted octanol–water partition coefficient (Wildman–Crippen LogP) is 2.72. The Morgan fingerprint density at radius 2 is 2.00 bits per heavy atom. The quantitative estimate of drug-likeness (QED) is 0.724. The summed E-state index contributed by atoms with van der Waals surface area (Å²) in [6, 6.07) is 6.24. The van der Waals surface area contributed by atoms with Crippen LogP contribution in [0.3, 0.4) is 0 Å². The lowest BCUT2D eigenvalue weighted by atomic mass is 10.0. The summed E-state index contributed by atoms with van der Waals surface area (Å²) in [4.78, 5) is 22.7. The molecule has 0 saturated heterocycles. The highest BCUT2D eigenvalue weighted by atomic mass is 35.5. The Hall–Kier alpha value is -1.75. The Balaban J connectivity index is 2.31. The highest BCUT2D eigenvalue weighted by Gasteiger charge is 2.22. The van der Waals surface area contributed by atoms with E-state index in [-0.39, 0.29) is 18.2 Å². The molecule has 0 radical (unpaired) electrons. The van der Waals surface area contributed by atoms with Crippen molar-refractivity contribution in [2.45, 2.75) is 32.7 Å². The summed E-state index contributed by atoms with van der Waals surface area (Å²) >= 11 is 5.93. The summed E-state index contributed by atoms with van der Waals surface area (Å²) in [7, 11) is 0. The molecule has 0 heterocycles. The van der Waals surface area contributed by atoms with E-state index in [1.54, 1.807) is 32.0 Å². The van der Waals surface area contributed by atoms with E-state index < -0.39 is 12.0 Å². The molecular formula is C15H20ClNO4. The second kappa shape index (κ2) is 8.52. The fourth-order valence-corrected chi connectivity index (χ4v) is 1.93. The van der Waals surface area contributed by atoms with Crippen molar-refractivity contribution in [3.63, 3.8) is 0 Å². The van der Waals surface area contributed by atoms with Gasteiger partial charge in [0.2, 0.25) is 5.91 Å². The van der Waals surface area contributed by atoms with Crippen LogP contribution in [0.25, 0.3) is 0 Å². The van der Waals surface area contributed by atoms with Crippen LogP contribution in [0.4, 0.5) is 0 Å². The SMILES string of the molecule is CC(C)[C@@H](NC(=O)CCCOc1ccccc1Cl)C(=O)O. The van der Waals surface area contributed by atoms with E-state index in [2.05, 4.69) is 5.32 Å². The molecule has 1 atom stereocenters. The number of aliphatic carboxylic acids is 1. The second-order valence-corrected chi connectivity index (χ2v) is 5.42. The lowest BCUT2D eigenvalue weighted by Gasteiger charge is -2.17. The molecular weight excluding hydrogens is 294 g/mol. The molecule has 0 saturated carbocycles. The molecule has 1 aromatic carbocycles. The standard InChI is InChI=1S/C15H20ClNO4/c1-10(2)14(15(19)20)17-13(18)8-5-9-21-12-7-4-3-6-11(12)16/h3-4,6-7,10,14H,5,8-9H2,1-2H3,(H,17,18)(H,19,20)/t14-/m1/s1. The first-order chi connectivity index (χ1) is 9.91. The van der Waals surface area contributed by atoms with E-state index in [1.165, 1.54) is 0 Å². The lowest BCUT2D eigenvalue weighted by Crippen LogP contribution is -2.44. The van der Waals surface area contributed by atoms with E-state index in [0.29, 0.717) is 23.8 Å². The first kappa shape index (κ1) is 17.3. The lowest BCUT2D eigenvalue weighted by molar-refractivity contribution is -0.143.